The van der Waals surface area contributed by atoms with Crippen molar-refractivity contribution in [2.75, 3.05) is 13.1 Å². The van der Waals surface area contributed by atoms with Gasteiger partial charge in [0.15, 0.2) is 5.96 Å². The fraction of sp³-hybridized carbons (Fsp3) is 0.632. The summed E-state index contributed by atoms with van der Waals surface area (Å²) < 4.78 is 0. The van der Waals surface area contributed by atoms with E-state index >= 15 is 0 Å². The van der Waals surface area contributed by atoms with Crippen LogP contribution in [0.15, 0.2) is 35.3 Å². The summed E-state index contributed by atoms with van der Waals surface area (Å²) >= 11 is 0. The van der Waals surface area contributed by atoms with Crippen LogP contribution in [0.2, 0.25) is 0 Å². The fourth-order valence-corrected chi connectivity index (χ4v) is 2.75. The molecule has 3 atom stereocenters. The van der Waals surface area contributed by atoms with Crippen LogP contribution in [0.4, 0.5) is 0 Å². The number of rotatable bonds is 7. The van der Waals surface area contributed by atoms with Gasteiger partial charge in [-0.1, -0.05) is 37.3 Å². The first-order valence-electron chi connectivity index (χ1n) is 8.79. The van der Waals surface area contributed by atoms with Gasteiger partial charge in [-0.25, -0.2) is 0 Å². The average molecular weight is 444 g/mol. The van der Waals surface area contributed by atoms with Gasteiger partial charge in [-0.05, 0) is 45.6 Å². The molecule has 0 aliphatic heterocycles. The molecule has 24 heavy (non-hydrogen) atoms. The molecule has 0 saturated heterocycles. The zero-order valence-electron chi connectivity index (χ0n) is 15.6. The number of guanidine groups is 1. The minimum absolute atomic E-state index is 0. The van der Waals surface area contributed by atoms with Gasteiger partial charge in [0.05, 0.1) is 6.54 Å². The first-order valence-corrected chi connectivity index (χ1v) is 8.79. The van der Waals surface area contributed by atoms with E-state index in [0.29, 0.717) is 12.1 Å². The molecule has 0 heterocycles. The second-order valence-corrected chi connectivity index (χ2v) is 7.32. The van der Waals surface area contributed by atoms with E-state index in [-0.39, 0.29) is 29.5 Å². The summed E-state index contributed by atoms with van der Waals surface area (Å²) in [6.45, 7) is 12.6. The third kappa shape index (κ3) is 6.97. The highest BCUT2D eigenvalue weighted by Crippen LogP contribution is 2.28. The van der Waals surface area contributed by atoms with Crippen molar-refractivity contribution in [1.29, 1.82) is 0 Å². The Hall–Kier alpha value is -0.820. The van der Waals surface area contributed by atoms with Crippen LogP contribution in [0, 0.1) is 5.92 Å². The van der Waals surface area contributed by atoms with Crippen molar-refractivity contribution in [3.63, 3.8) is 0 Å². The van der Waals surface area contributed by atoms with Crippen molar-refractivity contribution >= 4 is 29.9 Å². The Kier molecular flexibility index (Phi) is 8.50. The standard InChI is InChI=1S/C19H32N4.HI/c1-6-20-18(22-17-12-14(17)2)21-13-19(4,5)23-15(3)16-10-8-7-9-11-16;/h7-11,14-15,17,23H,6,12-13H2,1-5H3,(H2,20,21,22);1H. The minimum atomic E-state index is -0.0627. The van der Waals surface area contributed by atoms with Crippen LogP contribution in [-0.2, 0) is 0 Å². The zero-order valence-corrected chi connectivity index (χ0v) is 17.9. The van der Waals surface area contributed by atoms with Gasteiger partial charge < -0.3 is 16.0 Å². The summed E-state index contributed by atoms with van der Waals surface area (Å²) in [5.74, 6) is 1.70. The number of nitrogens with one attached hydrogen (secondary N) is 3. The molecule has 2 rings (SSSR count). The molecule has 3 unspecified atom stereocenters. The number of nitrogens with zero attached hydrogens (tertiary/aromatic N) is 1. The van der Waals surface area contributed by atoms with Gasteiger partial charge >= 0.3 is 0 Å². The van der Waals surface area contributed by atoms with E-state index in [1.54, 1.807) is 0 Å². The molecule has 1 aromatic rings. The van der Waals surface area contributed by atoms with Gasteiger partial charge in [-0.2, -0.15) is 0 Å². The first-order chi connectivity index (χ1) is 10.9. The molecule has 0 bridgehead atoms. The first kappa shape index (κ1) is 21.2. The molecule has 1 aromatic carbocycles. The molecule has 136 valence electrons. The van der Waals surface area contributed by atoms with E-state index in [2.05, 4.69) is 80.9 Å². The van der Waals surface area contributed by atoms with Crippen LogP contribution in [0.1, 0.15) is 52.6 Å². The largest absolute Gasteiger partial charge is 0.357 e. The predicted octanol–water partition coefficient (Wildman–Crippen LogP) is 3.70. The molecule has 5 heteroatoms. The molecule has 0 amide bonds. The monoisotopic (exact) mass is 444 g/mol. The Morgan fingerprint density at radius 2 is 1.92 bits per heavy atom. The number of benzene rings is 1. The maximum absolute atomic E-state index is 4.78. The number of hydrogen-bond acceptors (Lipinski definition) is 2. The van der Waals surface area contributed by atoms with E-state index in [0.717, 1.165) is 25.0 Å². The van der Waals surface area contributed by atoms with Gasteiger partial charge in [0.2, 0.25) is 0 Å². The van der Waals surface area contributed by atoms with Crippen molar-refractivity contribution in [1.82, 2.24) is 16.0 Å². The van der Waals surface area contributed by atoms with Crippen molar-refractivity contribution in [3.05, 3.63) is 35.9 Å². The third-order valence-electron chi connectivity index (χ3n) is 4.32. The van der Waals surface area contributed by atoms with E-state index in [1.807, 2.05) is 0 Å². The molecule has 1 aliphatic rings. The SMILES string of the molecule is CCNC(=NCC(C)(C)NC(C)c1ccccc1)NC1CC1C.I. The maximum Gasteiger partial charge on any atom is 0.191 e. The van der Waals surface area contributed by atoms with Crippen LogP contribution in [0.3, 0.4) is 0 Å². The van der Waals surface area contributed by atoms with Gasteiger partial charge in [0, 0.05) is 24.2 Å². The number of hydrogen-bond donors (Lipinski definition) is 3. The second-order valence-electron chi connectivity index (χ2n) is 7.32. The summed E-state index contributed by atoms with van der Waals surface area (Å²) in [7, 11) is 0. The Morgan fingerprint density at radius 1 is 1.29 bits per heavy atom. The Balaban J connectivity index is 0.00000288. The van der Waals surface area contributed by atoms with Crippen molar-refractivity contribution < 1.29 is 0 Å². The normalized spacial score (nSPS) is 21.6. The third-order valence-corrected chi connectivity index (χ3v) is 4.32. The van der Waals surface area contributed by atoms with Crippen molar-refractivity contribution in [2.45, 2.75) is 58.7 Å². The highest BCUT2D eigenvalue weighted by Gasteiger charge is 2.33. The summed E-state index contributed by atoms with van der Waals surface area (Å²) in [6, 6.07) is 11.4. The van der Waals surface area contributed by atoms with E-state index < -0.39 is 0 Å². The maximum atomic E-state index is 4.78. The van der Waals surface area contributed by atoms with Gasteiger partial charge in [0.25, 0.3) is 0 Å². The molecular formula is C19H33IN4. The zero-order chi connectivity index (χ0) is 16.9. The van der Waals surface area contributed by atoms with Gasteiger partial charge in [0.1, 0.15) is 0 Å². The van der Waals surface area contributed by atoms with E-state index in [4.69, 9.17) is 4.99 Å². The minimum Gasteiger partial charge on any atom is -0.357 e. The quantitative estimate of drug-likeness (QED) is 0.342. The lowest BCUT2D eigenvalue weighted by molar-refractivity contribution is 0.356. The Labute approximate surface area is 164 Å². The van der Waals surface area contributed by atoms with Crippen molar-refractivity contribution in [3.8, 4) is 0 Å². The molecule has 4 nitrogen and oxygen atoms in total. The smallest absolute Gasteiger partial charge is 0.191 e. The molecule has 1 aliphatic carbocycles. The Morgan fingerprint density at radius 3 is 2.46 bits per heavy atom. The van der Waals surface area contributed by atoms with E-state index in [1.165, 1.54) is 12.0 Å². The summed E-state index contributed by atoms with van der Waals surface area (Å²) in [6.07, 6.45) is 1.25. The van der Waals surface area contributed by atoms with Crippen LogP contribution < -0.4 is 16.0 Å². The van der Waals surface area contributed by atoms with Crippen molar-refractivity contribution in [2.24, 2.45) is 10.9 Å². The van der Waals surface area contributed by atoms with Crippen LogP contribution in [0.25, 0.3) is 0 Å². The highest BCUT2D eigenvalue weighted by atomic mass is 127. The summed E-state index contributed by atoms with van der Waals surface area (Å²) in [5, 5.41) is 10.5. The van der Waals surface area contributed by atoms with Crippen LogP contribution >= 0.6 is 24.0 Å². The fourth-order valence-electron chi connectivity index (χ4n) is 2.75. The molecule has 1 fully saturated rings. The van der Waals surface area contributed by atoms with Gasteiger partial charge in [-0.15, -0.1) is 24.0 Å². The molecular weight excluding hydrogens is 411 g/mol. The predicted molar refractivity (Wildman–Crippen MR) is 114 cm³/mol. The lowest BCUT2D eigenvalue weighted by Crippen LogP contribution is -2.45. The molecule has 0 spiro atoms. The van der Waals surface area contributed by atoms with Crippen LogP contribution in [0.5, 0.6) is 0 Å². The number of aliphatic imine (C=N–C) groups is 1. The van der Waals surface area contributed by atoms with Gasteiger partial charge in [-0.3, -0.25) is 4.99 Å². The number of halogens is 1. The molecule has 0 aromatic heterocycles. The summed E-state index contributed by atoms with van der Waals surface area (Å²) in [5.41, 5.74) is 1.24. The average Bonchev–Trinajstić information content (AvgIpc) is 3.21. The topological polar surface area (TPSA) is 48.5 Å². The Bertz CT molecular complexity index is 515. The molecule has 0 radical (unpaired) electrons. The highest BCUT2D eigenvalue weighted by molar-refractivity contribution is 14.0. The molecule has 3 N–H and O–H groups in total. The second kappa shape index (κ2) is 9.61. The lowest BCUT2D eigenvalue weighted by atomic mass is 10.0. The molecule has 1 saturated carbocycles. The lowest BCUT2D eigenvalue weighted by Gasteiger charge is -2.29. The summed E-state index contributed by atoms with van der Waals surface area (Å²) in [4.78, 5) is 4.78. The van der Waals surface area contributed by atoms with E-state index in [9.17, 15) is 0 Å². The van der Waals surface area contributed by atoms with Crippen LogP contribution in [-0.4, -0.2) is 30.6 Å².